The first kappa shape index (κ1) is 13.3. The van der Waals surface area contributed by atoms with Gasteiger partial charge in [0.25, 0.3) is 0 Å². The summed E-state index contributed by atoms with van der Waals surface area (Å²) in [5, 5.41) is 0. The lowest BCUT2D eigenvalue weighted by atomic mass is 10.2. The summed E-state index contributed by atoms with van der Waals surface area (Å²) >= 11 is 0. The van der Waals surface area contributed by atoms with Gasteiger partial charge in [-0.3, -0.25) is 9.59 Å². The average Bonchev–Trinajstić information content (AvgIpc) is 2.12. The van der Waals surface area contributed by atoms with E-state index in [1.165, 1.54) is 0 Å². The molecule has 0 fully saturated rings. The second-order valence-electron chi connectivity index (χ2n) is 3.15. The van der Waals surface area contributed by atoms with E-state index in [1.807, 2.05) is 6.92 Å². The Hall–Kier alpha value is -0.710. The Morgan fingerprint density at radius 3 is 2.07 bits per heavy atom. The number of carbonyl (C=O) groups excluding carboxylic acids is 2. The molecule has 5 heteroatoms. The van der Waals surface area contributed by atoms with Gasteiger partial charge < -0.3 is 0 Å². The molecule has 0 N–H and O–H groups in total. The van der Waals surface area contributed by atoms with Crippen LogP contribution in [-0.2, 0) is 19.4 Å². The summed E-state index contributed by atoms with van der Waals surface area (Å²) in [6.45, 7) is 3.41. The van der Waals surface area contributed by atoms with Gasteiger partial charge in [0.15, 0.2) is 15.6 Å². The summed E-state index contributed by atoms with van der Waals surface area (Å²) in [5.74, 6) is -2.03. The number of unbranched alkanes of at least 4 members (excludes halogenated alkanes) is 1. The van der Waals surface area contributed by atoms with E-state index in [1.54, 1.807) is 6.92 Å². The zero-order chi connectivity index (χ0) is 11.2. The van der Waals surface area contributed by atoms with Crippen LogP contribution in [0, 0.1) is 0 Å². The van der Waals surface area contributed by atoms with Gasteiger partial charge in [0, 0.05) is 6.42 Å². The Kier molecular flexibility index (Phi) is 5.60. The molecule has 0 aromatic rings. The molecule has 0 rings (SSSR count). The molecule has 0 amide bonds. The van der Waals surface area contributed by atoms with Crippen LogP contribution in [0.25, 0.3) is 0 Å². The predicted octanol–water partition coefficient (Wildman–Crippen LogP) is 0.749. The highest BCUT2D eigenvalue weighted by Crippen LogP contribution is 1.98. The maximum Gasteiger partial charge on any atom is 0.213 e. The van der Waals surface area contributed by atoms with Crippen molar-refractivity contribution in [3.63, 3.8) is 0 Å². The molecular formula is C9H16O4S. The van der Waals surface area contributed by atoms with Gasteiger partial charge in [0.1, 0.15) is 5.75 Å². The Morgan fingerprint density at radius 2 is 1.64 bits per heavy atom. The number of carbonyl (C=O) groups is 2. The summed E-state index contributed by atoms with van der Waals surface area (Å²) in [6.07, 6.45) is 1.37. The lowest BCUT2D eigenvalue weighted by Gasteiger charge is -2.00. The van der Waals surface area contributed by atoms with Crippen LogP contribution >= 0.6 is 0 Å². The average molecular weight is 220 g/mol. The highest BCUT2D eigenvalue weighted by molar-refractivity contribution is 7.92. The first-order valence-corrected chi connectivity index (χ1v) is 6.51. The highest BCUT2D eigenvalue weighted by atomic mass is 32.2. The second-order valence-corrected chi connectivity index (χ2v) is 5.33. The van der Waals surface area contributed by atoms with E-state index in [2.05, 4.69) is 0 Å². The van der Waals surface area contributed by atoms with Crippen LogP contribution in [0.1, 0.15) is 33.1 Å². The molecule has 0 aromatic carbocycles. The third kappa shape index (κ3) is 5.11. The number of ketones is 2. The molecule has 0 aromatic heterocycles. The third-order valence-corrected chi connectivity index (χ3v) is 3.40. The van der Waals surface area contributed by atoms with Crippen molar-refractivity contribution in [3.05, 3.63) is 0 Å². The number of sulfone groups is 1. The Labute approximate surface area is 84.6 Å². The zero-order valence-electron chi connectivity index (χ0n) is 8.58. The molecule has 0 saturated heterocycles. The summed E-state index contributed by atoms with van der Waals surface area (Å²) in [7, 11) is -3.37. The van der Waals surface area contributed by atoms with Crippen LogP contribution in [0.4, 0.5) is 0 Å². The van der Waals surface area contributed by atoms with Gasteiger partial charge in [-0.15, -0.1) is 0 Å². The van der Waals surface area contributed by atoms with Crippen LogP contribution < -0.4 is 0 Å². The summed E-state index contributed by atoms with van der Waals surface area (Å²) < 4.78 is 22.5. The van der Waals surface area contributed by atoms with Gasteiger partial charge in [-0.05, 0) is 6.42 Å². The lowest BCUT2D eigenvalue weighted by molar-refractivity contribution is -0.134. The predicted molar refractivity (Wildman–Crippen MR) is 53.9 cm³/mol. The molecule has 0 saturated carbocycles. The number of Topliss-reactive ketones (excluding diaryl/α,β-unsaturated/α-hetero) is 2. The lowest BCUT2D eigenvalue weighted by Crippen LogP contribution is -2.24. The zero-order valence-corrected chi connectivity index (χ0v) is 9.39. The minimum absolute atomic E-state index is 0.00770. The first-order chi connectivity index (χ1) is 6.43. The molecule has 0 atom stereocenters. The topological polar surface area (TPSA) is 68.3 Å². The van der Waals surface area contributed by atoms with E-state index < -0.39 is 27.2 Å². The van der Waals surface area contributed by atoms with Crippen molar-refractivity contribution < 1.29 is 18.0 Å². The van der Waals surface area contributed by atoms with Crippen molar-refractivity contribution in [1.82, 2.24) is 0 Å². The molecule has 0 radical (unpaired) electrons. The molecule has 4 nitrogen and oxygen atoms in total. The molecule has 82 valence electrons. The molecular weight excluding hydrogens is 204 g/mol. The fourth-order valence-electron chi connectivity index (χ4n) is 0.914. The van der Waals surface area contributed by atoms with E-state index in [0.29, 0.717) is 6.42 Å². The maximum atomic E-state index is 11.2. The summed E-state index contributed by atoms with van der Waals surface area (Å²) in [4.78, 5) is 21.9. The van der Waals surface area contributed by atoms with Crippen molar-refractivity contribution in [2.75, 3.05) is 11.5 Å². The summed E-state index contributed by atoms with van der Waals surface area (Å²) in [6, 6.07) is 0. The normalized spacial score (nSPS) is 11.3. The Balaban J connectivity index is 4.23. The Morgan fingerprint density at radius 1 is 1.07 bits per heavy atom. The molecule has 0 bridgehead atoms. The molecule has 0 aliphatic heterocycles. The van der Waals surface area contributed by atoms with Crippen molar-refractivity contribution in [2.45, 2.75) is 33.1 Å². The van der Waals surface area contributed by atoms with Gasteiger partial charge in [-0.25, -0.2) is 8.42 Å². The smallest absolute Gasteiger partial charge is 0.213 e. The molecule has 0 aliphatic rings. The monoisotopic (exact) mass is 220 g/mol. The fraction of sp³-hybridized carbons (Fsp3) is 0.778. The van der Waals surface area contributed by atoms with E-state index >= 15 is 0 Å². The SMILES string of the molecule is CCCCS(=O)(=O)CC(=O)C(=O)CC. The van der Waals surface area contributed by atoms with Crippen LogP contribution in [0.15, 0.2) is 0 Å². The van der Waals surface area contributed by atoms with Gasteiger partial charge in [-0.2, -0.15) is 0 Å². The molecule has 0 unspecified atom stereocenters. The van der Waals surface area contributed by atoms with E-state index in [-0.39, 0.29) is 12.2 Å². The van der Waals surface area contributed by atoms with Crippen molar-refractivity contribution >= 4 is 21.4 Å². The number of rotatable bonds is 7. The standard InChI is InChI=1S/C9H16O4S/c1-3-5-6-14(12,13)7-9(11)8(10)4-2/h3-7H2,1-2H3. The van der Waals surface area contributed by atoms with Crippen LogP contribution in [0.5, 0.6) is 0 Å². The molecule has 0 aliphatic carbocycles. The van der Waals surface area contributed by atoms with Crippen LogP contribution in [0.2, 0.25) is 0 Å². The molecule has 0 spiro atoms. The quantitative estimate of drug-likeness (QED) is 0.594. The van der Waals surface area contributed by atoms with Crippen LogP contribution in [-0.4, -0.2) is 31.5 Å². The number of hydrogen-bond acceptors (Lipinski definition) is 4. The largest absolute Gasteiger partial charge is 0.291 e. The minimum atomic E-state index is -3.37. The second kappa shape index (κ2) is 5.90. The molecule has 0 heterocycles. The van der Waals surface area contributed by atoms with Gasteiger partial charge in [0.05, 0.1) is 5.75 Å². The van der Waals surface area contributed by atoms with Crippen molar-refractivity contribution in [3.8, 4) is 0 Å². The van der Waals surface area contributed by atoms with Crippen molar-refractivity contribution in [1.29, 1.82) is 0 Å². The maximum absolute atomic E-state index is 11.2. The molecule has 14 heavy (non-hydrogen) atoms. The Bertz CT molecular complexity index is 303. The van der Waals surface area contributed by atoms with Crippen molar-refractivity contribution in [2.24, 2.45) is 0 Å². The fourth-order valence-corrected chi connectivity index (χ4v) is 2.35. The van der Waals surface area contributed by atoms with E-state index in [4.69, 9.17) is 0 Å². The van der Waals surface area contributed by atoms with Gasteiger partial charge in [-0.1, -0.05) is 20.3 Å². The van der Waals surface area contributed by atoms with E-state index in [0.717, 1.165) is 6.42 Å². The first-order valence-electron chi connectivity index (χ1n) is 4.69. The van der Waals surface area contributed by atoms with Gasteiger partial charge in [0.2, 0.25) is 5.78 Å². The third-order valence-electron chi connectivity index (χ3n) is 1.79. The highest BCUT2D eigenvalue weighted by Gasteiger charge is 2.20. The summed E-state index contributed by atoms with van der Waals surface area (Å²) in [5.41, 5.74) is 0. The minimum Gasteiger partial charge on any atom is -0.291 e. The van der Waals surface area contributed by atoms with Gasteiger partial charge >= 0.3 is 0 Å². The van der Waals surface area contributed by atoms with E-state index in [9.17, 15) is 18.0 Å². The van der Waals surface area contributed by atoms with Crippen LogP contribution in [0.3, 0.4) is 0 Å². The number of hydrogen-bond donors (Lipinski definition) is 0.